The summed E-state index contributed by atoms with van der Waals surface area (Å²) in [5.41, 5.74) is 8.11. The quantitative estimate of drug-likeness (QED) is 0.825. The Hall–Kier alpha value is -1.06. The molecule has 3 nitrogen and oxygen atoms in total. The molecule has 0 aliphatic heterocycles. The second-order valence-corrected chi connectivity index (χ2v) is 4.30. The molecule has 0 bridgehead atoms. The Morgan fingerprint density at radius 2 is 2.12 bits per heavy atom. The largest absolute Gasteiger partial charge is 0.496 e. The minimum atomic E-state index is 0.405. The van der Waals surface area contributed by atoms with E-state index in [1.165, 1.54) is 11.1 Å². The summed E-state index contributed by atoms with van der Waals surface area (Å²) < 4.78 is 5.24. The van der Waals surface area contributed by atoms with Crippen LogP contribution in [0, 0.1) is 6.92 Å². The molecule has 0 aromatic heterocycles. The molecule has 2 N–H and O–H groups in total. The van der Waals surface area contributed by atoms with E-state index in [1.807, 2.05) is 6.07 Å². The number of nitrogens with two attached hydrogens (primary N) is 1. The Labute approximate surface area is 98.2 Å². The standard InChI is InChI=1S/C13H22N2O/c1-10-7-12(5-6-13(10)16-4)9-15(3)11(2)8-14/h5-7,11H,8-9,14H2,1-4H3. The highest BCUT2D eigenvalue weighted by atomic mass is 16.5. The molecular formula is C13H22N2O. The fraction of sp³-hybridized carbons (Fsp3) is 0.538. The van der Waals surface area contributed by atoms with Crippen LogP contribution < -0.4 is 10.5 Å². The van der Waals surface area contributed by atoms with E-state index in [1.54, 1.807) is 7.11 Å². The number of hydrogen-bond acceptors (Lipinski definition) is 3. The average Bonchev–Trinajstić information content (AvgIpc) is 2.28. The average molecular weight is 222 g/mol. The van der Waals surface area contributed by atoms with Gasteiger partial charge in [-0.15, -0.1) is 0 Å². The van der Waals surface area contributed by atoms with Gasteiger partial charge in [0.05, 0.1) is 7.11 Å². The summed E-state index contributed by atoms with van der Waals surface area (Å²) >= 11 is 0. The SMILES string of the molecule is COc1ccc(CN(C)C(C)CN)cc1C. The van der Waals surface area contributed by atoms with Crippen LogP contribution in [0.5, 0.6) is 5.75 Å². The van der Waals surface area contributed by atoms with Gasteiger partial charge in [0.15, 0.2) is 0 Å². The molecule has 0 saturated heterocycles. The number of ether oxygens (including phenoxy) is 1. The van der Waals surface area contributed by atoms with Crippen LogP contribution in [0.25, 0.3) is 0 Å². The molecule has 0 saturated carbocycles. The summed E-state index contributed by atoms with van der Waals surface area (Å²) in [6.45, 7) is 5.81. The van der Waals surface area contributed by atoms with Crippen LogP contribution in [-0.4, -0.2) is 31.6 Å². The van der Waals surface area contributed by atoms with Crippen molar-refractivity contribution < 1.29 is 4.74 Å². The monoisotopic (exact) mass is 222 g/mol. The van der Waals surface area contributed by atoms with Crippen molar-refractivity contribution in [3.8, 4) is 5.75 Å². The normalized spacial score (nSPS) is 12.9. The van der Waals surface area contributed by atoms with Crippen LogP contribution in [0.15, 0.2) is 18.2 Å². The highest BCUT2D eigenvalue weighted by Crippen LogP contribution is 2.19. The smallest absolute Gasteiger partial charge is 0.121 e. The summed E-state index contributed by atoms with van der Waals surface area (Å²) in [5.74, 6) is 0.943. The van der Waals surface area contributed by atoms with E-state index < -0.39 is 0 Å². The molecule has 0 radical (unpaired) electrons. The van der Waals surface area contributed by atoms with Crippen molar-refractivity contribution in [3.05, 3.63) is 29.3 Å². The van der Waals surface area contributed by atoms with Gasteiger partial charge in [0.25, 0.3) is 0 Å². The molecule has 0 fully saturated rings. The lowest BCUT2D eigenvalue weighted by Crippen LogP contribution is -2.34. The predicted octanol–water partition coefficient (Wildman–Crippen LogP) is 1.78. The van der Waals surface area contributed by atoms with E-state index in [-0.39, 0.29) is 0 Å². The van der Waals surface area contributed by atoms with E-state index in [9.17, 15) is 0 Å². The van der Waals surface area contributed by atoms with Gasteiger partial charge in [0, 0.05) is 19.1 Å². The first-order chi connectivity index (χ1) is 7.58. The molecule has 0 aliphatic carbocycles. The van der Waals surface area contributed by atoms with Gasteiger partial charge in [-0.1, -0.05) is 12.1 Å². The van der Waals surface area contributed by atoms with Gasteiger partial charge in [-0.05, 0) is 38.1 Å². The zero-order chi connectivity index (χ0) is 12.1. The first kappa shape index (κ1) is 13.0. The summed E-state index contributed by atoms with van der Waals surface area (Å²) in [6, 6.07) is 6.69. The van der Waals surface area contributed by atoms with E-state index in [0.29, 0.717) is 12.6 Å². The lowest BCUT2D eigenvalue weighted by atomic mass is 10.1. The van der Waals surface area contributed by atoms with Crippen LogP contribution >= 0.6 is 0 Å². The highest BCUT2D eigenvalue weighted by molar-refractivity contribution is 5.36. The first-order valence-corrected chi connectivity index (χ1v) is 5.62. The molecule has 16 heavy (non-hydrogen) atoms. The fourth-order valence-corrected chi connectivity index (χ4v) is 1.66. The van der Waals surface area contributed by atoms with Crippen LogP contribution in [0.3, 0.4) is 0 Å². The molecule has 1 unspecified atom stereocenters. The molecule has 0 spiro atoms. The van der Waals surface area contributed by atoms with Crippen LogP contribution in [0.2, 0.25) is 0 Å². The Kier molecular flexibility index (Phi) is 4.77. The number of rotatable bonds is 5. The zero-order valence-corrected chi connectivity index (χ0v) is 10.7. The maximum absolute atomic E-state index is 5.64. The van der Waals surface area contributed by atoms with Gasteiger partial charge in [-0.3, -0.25) is 4.90 Å². The van der Waals surface area contributed by atoms with Gasteiger partial charge in [-0.25, -0.2) is 0 Å². The third-order valence-corrected chi connectivity index (χ3v) is 2.98. The second kappa shape index (κ2) is 5.87. The Morgan fingerprint density at radius 1 is 1.44 bits per heavy atom. The van der Waals surface area contributed by atoms with Crippen molar-refractivity contribution >= 4 is 0 Å². The molecule has 1 rings (SSSR count). The van der Waals surface area contributed by atoms with Crippen LogP contribution in [0.4, 0.5) is 0 Å². The number of benzene rings is 1. The van der Waals surface area contributed by atoms with Crippen LogP contribution in [-0.2, 0) is 6.54 Å². The maximum atomic E-state index is 5.64. The number of methoxy groups -OCH3 is 1. The van der Waals surface area contributed by atoms with Gasteiger partial charge in [-0.2, -0.15) is 0 Å². The van der Waals surface area contributed by atoms with E-state index >= 15 is 0 Å². The fourth-order valence-electron chi connectivity index (χ4n) is 1.66. The number of aryl methyl sites for hydroxylation is 1. The molecule has 0 heterocycles. The molecule has 1 aromatic carbocycles. The summed E-state index contributed by atoms with van der Waals surface area (Å²) in [4.78, 5) is 2.25. The van der Waals surface area contributed by atoms with Crippen molar-refractivity contribution in [2.75, 3.05) is 20.7 Å². The lowest BCUT2D eigenvalue weighted by molar-refractivity contribution is 0.254. The van der Waals surface area contributed by atoms with E-state index in [4.69, 9.17) is 10.5 Å². The Bertz CT molecular complexity index is 339. The molecule has 90 valence electrons. The third-order valence-electron chi connectivity index (χ3n) is 2.98. The molecular weight excluding hydrogens is 200 g/mol. The highest BCUT2D eigenvalue weighted by Gasteiger charge is 2.08. The predicted molar refractivity (Wildman–Crippen MR) is 67.7 cm³/mol. The Morgan fingerprint density at radius 3 is 2.62 bits per heavy atom. The summed E-state index contributed by atoms with van der Waals surface area (Å²) in [6.07, 6.45) is 0. The molecule has 0 aliphatic rings. The van der Waals surface area contributed by atoms with Gasteiger partial charge >= 0.3 is 0 Å². The van der Waals surface area contributed by atoms with E-state index in [0.717, 1.165) is 12.3 Å². The topological polar surface area (TPSA) is 38.5 Å². The number of hydrogen-bond donors (Lipinski definition) is 1. The molecule has 1 atom stereocenters. The van der Waals surface area contributed by atoms with E-state index in [2.05, 4.69) is 37.9 Å². The van der Waals surface area contributed by atoms with Crippen molar-refractivity contribution in [2.24, 2.45) is 5.73 Å². The second-order valence-electron chi connectivity index (χ2n) is 4.30. The van der Waals surface area contributed by atoms with Gasteiger partial charge in [0.2, 0.25) is 0 Å². The first-order valence-electron chi connectivity index (χ1n) is 5.62. The summed E-state index contributed by atoms with van der Waals surface area (Å²) in [5, 5.41) is 0. The zero-order valence-electron chi connectivity index (χ0n) is 10.7. The van der Waals surface area contributed by atoms with Gasteiger partial charge in [0.1, 0.15) is 5.75 Å². The lowest BCUT2D eigenvalue weighted by Gasteiger charge is -2.23. The van der Waals surface area contributed by atoms with Gasteiger partial charge < -0.3 is 10.5 Å². The van der Waals surface area contributed by atoms with Crippen LogP contribution in [0.1, 0.15) is 18.1 Å². The number of nitrogens with zero attached hydrogens (tertiary/aromatic N) is 1. The third kappa shape index (κ3) is 3.22. The van der Waals surface area contributed by atoms with Crippen molar-refractivity contribution in [2.45, 2.75) is 26.4 Å². The van der Waals surface area contributed by atoms with Crippen molar-refractivity contribution in [1.29, 1.82) is 0 Å². The van der Waals surface area contributed by atoms with Crippen molar-refractivity contribution in [1.82, 2.24) is 4.90 Å². The summed E-state index contributed by atoms with van der Waals surface area (Å²) in [7, 11) is 3.79. The molecule has 1 aromatic rings. The molecule has 3 heteroatoms. The minimum absolute atomic E-state index is 0.405. The minimum Gasteiger partial charge on any atom is -0.496 e. The molecule has 0 amide bonds. The maximum Gasteiger partial charge on any atom is 0.121 e. The number of likely N-dealkylation sites (N-methyl/N-ethyl adjacent to an activating group) is 1. The van der Waals surface area contributed by atoms with Crippen molar-refractivity contribution in [3.63, 3.8) is 0 Å². The Balaban J connectivity index is 2.71.